The molecule has 0 unspecified atom stereocenters. The molecule has 0 aromatic heterocycles. The summed E-state index contributed by atoms with van der Waals surface area (Å²) in [4.78, 5) is 25.0. The third-order valence-electron chi connectivity index (χ3n) is 4.29. The Morgan fingerprint density at radius 3 is 2.62 bits per heavy atom. The van der Waals surface area contributed by atoms with E-state index in [0.717, 1.165) is 25.7 Å². The second kappa shape index (κ2) is 10.1. The van der Waals surface area contributed by atoms with Crippen molar-refractivity contribution < 1.29 is 14.3 Å². The van der Waals surface area contributed by atoms with E-state index in [1.54, 1.807) is 0 Å². The third kappa shape index (κ3) is 5.75. The number of rotatable bonds is 7. The topological polar surface area (TPSA) is 55.4 Å². The molecular weight excluding hydrogens is 474 g/mol. The van der Waals surface area contributed by atoms with Crippen molar-refractivity contribution in [1.82, 2.24) is 5.32 Å². The first kappa shape index (κ1) is 21.7. The zero-order chi connectivity index (χ0) is 20.8. The Morgan fingerprint density at radius 2 is 1.86 bits per heavy atom. The fourth-order valence-electron chi connectivity index (χ4n) is 2.85. The predicted octanol–water partition coefficient (Wildman–Crippen LogP) is 5.77. The average Bonchev–Trinajstić information content (AvgIpc) is 2.73. The van der Waals surface area contributed by atoms with Crippen LogP contribution in [-0.2, 0) is 14.3 Å². The Balaban J connectivity index is 1.52. The fraction of sp³-hybridized carbons (Fsp3) is 0.182. The molecule has 0 aliphatic heterocycles. The first-order chi connectivity index (χ1) is 14.0. The number of ether oxygens (including phenoxy) is 1. The van der Waals surface area contributed by atoms with Crippen LogP contribution in [0.4, 0.5) is 0 Å². The molecule has 0 saturated carbocycles. The van der Waals surface area contributed by atoms with Crippen molar-refractivity contribution in [3.8, 4) is 0 Å². The second-order valence-electron chi connectivity index (χ2n) is 6.36. The Morgan fingerprint density at radius 1 is 1.10 bits per heavy atom. The second-order valence-corrected chi connectivity index (χ2v) is 8.64. The van der Waals surface area contributed by atoms with Gasteiger partial charge in [0.1, 0.15) is 0 Å². The van der Waals surface area contributed by atoms with Crippen molar-refractivity contribution in [2.75, 3.05) is 12.4 Å². The van der Waals surface area contributed by atoms with Gasteiger partial charge in [0.15, 0.2) is 6.61 Å². The van der Waals surface area contributed by atoms with Crippen LogP contribution in [0.25, 0.3) is 10.8 Å². The van der Waals surface area contributed by atoms with Gasteiger partial charge in [-0.2, -0.15) is 0 Å². The van der Waals surface area contributed by atoms with E-state index in [2.05, 4.69) is 21.2 Å². The van der Waals surface area contributed by atoms with Crippen molar-refractivity contribution in [3.63, 3.8) is 0 Å². The lowest BCUT2D eigenvalue weighted by Crippen LogP contribution is -2.31. The van der Waals surface area contributed by atoms with Crippen molar-refractivity contribution >= 4 is 61.9 Å². The number of thioether (sulfide) groups is 1. The summed E-state index contributed by atoms with van der Waals surface area (Å²) in [6.45, 7) is 1.58. The van der Waals surface area contributed by atoms with Gasteiger partial charge in [-0.25, -0.2) is 0 Å². The highest BCUT2D eigenvalue weighted by molar-refractivity contribution is 9.10. The molecule has 3 aromatic carbocycles. The highest BCUT2D eigenvalue weighted by atomic mass is 79.9. The summed E-state index contributed by atoms with van der Waals surface area (Å²) in [6.07, 6.45) is 0. The highest BCUT2D eigenvalue weighted by Gasteiger charge is 2.14. The zero-order valence-corrected chi connectivity index (χ0v) is 18.8. The molecule has 0 spiro atoms. The molecule has 4 nitrogen and oxygen atoms in total. The summed E-state index contributed by atoms with van der Waals surface area (Å²) < 4.78 is 6.05. The van der Waals surface area contributed by atoms with Crippen LogP contribution in [-0.4, -0.2) is 24.2 Å². The summed E-state index contributed by atoms with van der Waals surface area (Å²) >= 11 is 11.2. The number of hydrogen-bond acceptors (Lipinski definition) is 4. The molecule has 0 radical (unpaired) electrons. The van der Waals surface area contributed by atoms with Crippen LogP contribution in [0, 0.1) is 0 Å². The maximum atomic E-state index is 12.1. The summed E-state index contributed by atoms with van der Waals surface area (Å²) in [6, 6.07) is 18.9. The molecule has 3 rings (SSSR count). The molecule has 0 aliphatic carbocycles. The van der Waals surface area contributed by atoms with Crippen molar-refractivity contribution in [3.05, 3.63) is 75.7 Å². The Bertz CT molecular complexity index is 1030. The molecule has 150 valence electrons. The van der Waals surface area contributed by atoms with Gasteiger partial charge in [-0.3, -0.25) is 9.59 Å². The van der Waals surface area contributed by atoms with Crippen molar-refractivity contribution in [2.45, 2.75) is 17.9 Å². The van der Waals surface area contributed by atoms with E-state index >= 15 is 0 Å². The Labute approximate surface area is 187 Å². The van der Waals surface area contributed by atoms with Gasteiger partial charge < -0.3 is 10.1 Å². The van der Waals surface area contributed by atoms with Crippen LogP contribution >= 0.6 is 39.3 Å². The van der Waals surface area contributed by atoms with Crippen molar-refractivity contribution in [2.24, 2.45) is 0 Å². The number of nitrogens with one attached hydrogen (secondary N) is 1. The molecule has 7 heteroatoms. The molecule has 29 heavy (non-hydrogen) atoms. The quantitative estimate of drug-likeness (QED) is 0.336. The van der Waals surface area contributed by atoms with Crippen LogP contribution in [0.15, 0.2) is 70.0 Å². The van der Waals surface area contributed by atoms with E-state index in [1.165, 1.54) is 11.8 Å². The molecule has 0 saturated heterocycles. The lowest BCUT2D eigenvalue weighted by atomic mass is 10.1. The third-order valence-corrected chi connectivity index (χ3v) is 6.32. The van der Waals surface area contributed by atoms with E-state index in [1.807, 2.05) is 67.6 Å². The molecule has 1 atom stereocenters. The number of hydrogen-bond donors (Lipinski definition) is 1. The Hall–Kier alpha value is -2.02. The number of amides is 1. The minimum atomic E-state index is -0.458. The summed E-state index contributed by atoms with van der Waals surface area (Å²) in [5, 5.41) is 5.30. The van der Waals surface area contributed by atoms with E-state index in [4.69, 9.17) is 16.3 Å². The van der Waals surface area contributed by atoms with E-state index in [0.29, 0.717) is 5.02 Å². The van der Waals surface area contributed by atoms with Crippen LogP contribution in [0.5, 0.6) is 0 Å². The average molecular weight is 493 g/mol. The summed E-state index contributed by atoms with van der Waals surface area (Å²) in [5.41, 5.74) is 0.988. The number of esters is 1. The number of carbonyl (C=O) groups excluding carboxylic acids is 2. The first-order valence-corrected chi connectivity index (χ1v) is 11.1. The molecule has 1 N–H and O–H groups in total. The fourth-order valence-corrected chi connectivity index (χ4v) is 4.53. The number of benzene rings is 3. The standard InChI is InChI=1S/C22H19BrClNO3S/c1-14(15-6-3-2-4-7-15)25-20(26)12-28-21(27)13-29-19-11-10-17(23)16-8-5-9-18(24)22(16)19/h2-11,14H,12-13H2,1H3,(H,25,26)/t14-/m0/s1. The lowest BCUT2D eigenvalue weighted by molar-refractivity contribution is -0.146. The SMILES string of the molecule is C[C@H](NC(=O)COC(=O)CSc1ccc(Br)c2cccc(Cl)c12)c1ccccc1. The Kier molecular flexibility index (Phi) is 7.58. The van der Waals surface area contributed by atoms with Gasteiger partial charge in [0.05, 0.1) is 11.8 Å². The smallest absolute Gasteiger partial charge is 0.316 e. The maximum absolute atomic E-state index is 12.1. The monoisotopic (exact) mass is 491 g/mol. The van der Waals surface area contributed by atoms with Crippen molar-refractivity contribution in [1.29, 1.82) is 0 Å². The van der Waals surface area contributed by atoms with Crippen LogP contribution in [0.1, 0.15) is 18.5 Å². The van der Waals surface area contributed by atoms with E-state index in [9.17, 15) is 9.59 Å². The molecule has 0 heterocycles. The number of fused-ring (bicyclic) bond motifs is 1. The maximum Gasteiger partial charge on any atom is 0.316 e. The van der Waals surface area contributed by atoms with Gasteiger partial charge in [0, 0.05) is 19.8 Å². The molecule has 0 bridgehead atoms. The molecule has 3 aromatic rings. The molecule has 1 amide bonds. The number of carbonyl (C=O) groups is 2. The van der Waals surface area contributed by atoms with E-state index < -0.39 is 5.97 Å². The predicted molar refractivity (Wildman–Crippen MR) is 121 cm³/mol. The minimum Gasteiger partial charge on any atom is -0.455 e. The minimum absolute atomic E-state index is 0.0868. The molecule has 0 fully saturated rings. The largest absolute Gasteiger partial charge is 0.455 e. The van der Waals surface area contributed by atoms with Gasteiger partial charge in [-0.1, -0.05) is 70.0 Å². The lowest BCUT2D eigenvalue weighted by Gasteiger charge is -2.14. The molecule has 0 aliphatic rings. The van der Waals surface area contributed by atoms with Gasteiger partial charge in [-0.05, 0) is 36.1 Å². The molecular formula is C22H19BrClNO3S. The first-order valence-electron chi connectivity index (χ1n) is 8.95. The summed E-state index contributed by atoms with van der Waals surface area (Å²) in [7, 11) is 0. The van der Waals surface area contributed by atoms with Gasteiger partial charge >= 0.3 is 5.97 Å². The van der Waals surface area contributed by atoms with E-state index in [-0.39, 0.29) is 24.3 Å². The van der Waals surface area contributed by atoms with Crippen LogP contribution in [0.3, 0.4) is 0 Å². The van der Waals surface area contributed by atoms with Gasteiger partial charge in [0.25, 0.3) is 5.91 Å². The number of halogens is 2. The van der Waals surface area contributed by atoms with Crippen LogP contribution < -0.4 is 5.32 Å². The van der Waals surface area contributed by atoms with Crippen LogP contribution in [0.2, 0.25) is 5.02 Å². The van der Waals surface area contributed by atoms with Gasteiger partial charge in [0.2, 0.25) is 0 Å². The summed E-state index contributed by atoms with van der Waals surface area (Å²) in [5.74, 6) is -0.707. The highest BCUT2D eigenvalue weighted by Crippen LogP contribution is 2.37. The normalized spacial score (nSPS) is 11.8. The zero-order valence-electron chi connectivity index (χ0n) is 15.7. The van der Waals surface area contributed by atoms with Gasteiger partial charge in [-0.15, -0.1) is 11.8 Å².